The maximum atomic E-state index is 11.8. The Labute approximate surface area is 130 Å². The van der Waals surface area contributed by atoms with Crippen molar-refractivity contribution < 1.29 is 9.53 Å². The summed E-state index contributed by atoms with van der Waals surface area (Å²) in [7, 11) is 3.62. The summed E-state index contributed by atoms with van der Waals surface area (Å²) in [5.74, 6) is 0.774. The molecule has 3 heterocycles. The molecule has 1 aromatic rings. The minimum Gasteiger partial charge on any atom is -0.373 e. The quantitative estimate of drug-likeness (QED) is 0.854. The molecule has 0 spiro atoms. The summed E-state index contributed by atoms with van der Waals surface area (Å²) in [5, 5.41) is 2.17. The number of likely N-dealkylation sites (tertiary alicyclic amines) is 1. The van der Waals surface area contributed by atoms with Gasteiger partial charge >= 0.3 is 0 Å². The van der Waals surface area contributed by atoms with E-state index < -0.39 is 0 Å². The monoisotopic (exact) mass is 308 g/mol. The molecule has 5 heteroatoms. The molecule has 0 saturated carbocycles. The van der Waals surface area contributed by atoms with E-state index in [2.05, 4.69) is 23.3 Å². The third-order valence-corrected chi connectivity index (χ3v) is 5.63. The fourth-order valence-electron chi connectivity index (χ4n) is 3.36. The molecule has 2 aliphatic rings. The lowest BCUT2D eigenvalue weighted by atomic mass is 10.0. The normalized spacial score (nSPS) is 28.8. The maximum Gasteiger partial charge on any atom is 0.224 e. The van der Waals surface area contributed by atoms with E-state index in [1.807, 2.05) is 25.4 Å². The van der Waals surface area contributed by atoms with Gasteiger partial charge in [-0.25, -0.2) is 0 Å². The number of carbonyl (C=O) groups is 1. The molecule has 0 aliphatic carbocycles. The van der Waals surface area contributed by atoms with E-state index in [0.717, 1.165) is 26.1 Å². The SMILES string of the molecule is Cc1ccsc1CN1C[C@@H]2C[C@@H](CC(=O)N(C)C)O[C@@H]2C1. The summed E-state index contributed by atoms with van der Waals surface area (Å²) in [4.78, 5) is 17.4. The number of ether oxygens (including phenoxy) is 1. The van der Waals surface area contributed by atoms with Gasteiger partial charge in [-0.3, -0.25) is 9.69 Å². The van der Waals surface area contributed by atoms with Crippen LogP contribution in [0.3, 0.4) is 0 Å². The van der Waals surface area contributed by atoms with E-state index in [9.17, 15) is 4.79 Å². The average molecular weight is 308 g/mol. The van der Waals surface area contributed by atoms with Crippen LogP contribution in [0.2, 0.25) is 0 Å². The van der Waals surface area contributed by atoms with E-state index in [-0.39, 0.29) is 12.0 Å². The van der Waals surface area contributed by atoms with Crippen molar-refractivity contribution in [2.75, 3.05) is 27.2 Å². The predicted octanol–water partition coefficient (Wildman–Crippen LogP) is 2.12. The highest BCUT2D eigenvalue weighted by molar-refractivity contribution is 7.10. The standard InChI is InChI=1S/C16H24N2O2S/c1-11-4-5-21-15(11)10-18-8-12-6-13(20-14(12)9-18)7-16(19)17(2)3/h4-5,12-14H,6-10H2,1-3H3/t12-,13-,14+/m0/s1. The number of thiophene rings is 1. The molecule has 0 radical (unpaired) electrons. The van der Waals surface area contributed by atoms with Crippen molar-refractivity contribution in [2.45, 2.75) is 38.5 Å². The third-order valence-electron chi connectivity index (χ3n) is 4.63. The van der Waals surface area contributed by atoms with E-state index in [1.165, 1.54) is 10.4 Å². The second-order valence-electron chi connectivity index (χ2n) is 6.51. The molecule has 21 heavy (non-hydrogen) atoms. The lowest BCUT2D eigenvalue weighted by Gasteiger charge is -2.19. The lowest BCUT2D eigenvalue weighted by Crippen LogP contribution is -2.29. The Balaban J connectivity index is 1.50. The molecule has 3 atom stereocenters. The van der Waals surface area contributed by atoms with Gasteiger partial charge in [0, 0.05) is 44.5 Å². The topological polar surface area (TPSA) is 32.8 Å². The van der Waals surface area contributed by atoms with Gasteiger partial charge in [-0.15, -0.1) is 11.3 Å². The number of hydrogen-bond acceptors (Lipinski definition) is 4. The first-order valence-electron chi connectivity index (χ1n) is 7.64. The van der Waals surface area contributed by atoms with Gasteiger partial charge < -0.3 is 9.64 Å². The Kier molecular flexibility index (Phi) is 4.33. The first-order chi connectivity index (χ1) is 10.0. The zero-order chi connectivity index (χ0) is 15.0. The van der Waals surface area contributed by atoms with Gasteiger partial charge in [0.25, 0.3) is 0 Å². The molecule has 0 N–H and O–H groups in total. The van der Waals surface area contributed by atoms with E-state index >= 15 is 0 Å². The highest BCUT2D eigenvalue weighted by Gasteiger charge is 2.42. The van der Waals surface area contributed by atoms with Crippen molar-refractivity contribution in [1.29, 1.82) is 0 Å². The molecule has 2 aliphatic heterocycles. The highest BCUT2D eigenvalue weighted by atomic mass is 32.1. The first-order valence-corrected chi connectivity index (χ1v) is 8.52. The molecule has 1 aromatic heterocycles. The molecule has 0 aromatic carbocycles. The molecule has 2 saturated heterocycles. The van der Waals surface area contributed by atoms with Crippen LogP contribution in [0, 0.1) is 12.8 Å². The Morgan fingerprint density at radius 2 is 2.29 bits per heavy atom. The van der Waals surface area contributed by atoms with Crippen LogP contribution in [0.4, 0.5) is 0 Å². The van der Waals surface area contributed by atoms with Crippen LogP contribution in [-0.2, 0) is 16.1 Å². The fraction of sp³-hybridized carbons (Fsp3) is 0.688. The van der Waals surface area contributed by atoms with Crippen LogP contribution in [-0.4, -0.2) is 55.1 Å². The van der Waals surface area contributed by atoms with Gasteiger partial charge in [-0.05, 0) is 30.4 Å². The van der Waals surface area contributed by atoms with Crippen LogP contribution in [0.1, 0.15) is 23.3 Å². The Morgan fingerprint density at radius 3 is 2.90 bits per heavy atom. The van der Waals surface area contributed by atoms with Crippen molar-refractivity contribution in [3.8, 4) is 0 Å². The molecule has 116 valence electrons. The third kappa shape index (κ3) is 3.30. The van der Waals surface area contributed by atoms with Gasteiger partial charge in [-0.1, -0.05) is 0 Å². The van der Waals surface area contributed by atoms with Crippen LogP contribution in [0.25, 0.3) is 0 Å². The Bertz CT molecular complexity index is 500. The van der Waals surface area contributed by atoms with Gasteiger partial charge in [0.15, 0.2) is 0 Å². The van der Waals surface area contributed by atoms with E-state index in [1.54, 1.807) is 4.90 Å². The molecule has 2 fully saturated rings. The summed E-state index contributed by atoms with van der Waals surface area (Å²) in [6, 6.07) is 2.19. The molecule has 0 unspecified atom stereocenters. The van der Waals surface area contributed by atoms with Gasteiger partial charge in [-0.2, -0.15) is 0 Å². The first kappa shape index (κ1) is 15.0. The lowest BCUT2D eigenvalue weighted by molar-refractivity contribution is -0.131. The Morgan fingerprint density at radius 1 is 1.48 bits per heavy atom. The smallest absolute Gasteiger partial charge is 0.224 e. The molecule has 4 nitrogen and oxygen atoms in total. The van der Waals surface area contributed by atoms with Crippen molar-refractivity contribution in [2.24, 2.45) is 5.92 Å². The van der Waals surface area contributed by atoms with Crippen molar-refractivity contribution in [1.82, 2.24) is 9.80 Å². The number of carbonyl (C=O) groups excluding carboxylic acids is 1. The van der Waals surface area contributed by atoms with Crippen LogP contribution in [0.5, 0.6) is 0 Å². The zero-order valence-electron chi connectivity index (χ0n) is 13.0. The molecule has 3 rings (SSSR count). The highest BCUT2D eigenvalue weighted by Crippen LogP contribution is 2.35. The van der Waals surface area contributed by atoms with Crippen LogP contribution < -0.4 is 0 Å². The second-order valence-corrected chi connectivity index (χ2v) is 7.51. The number of fused-ring (bicyclic) bond motifs is 1. The van der Waals surface area contributed by atoms with Crippen LogP contribution in [0.15, 0.2) is 11.4 Å². The summed E-state index contributed by atoms with van der Waals surface area (Å²) >= 11 is 1.84. The van der Waals surface area contributed by atoms with Gasteiger partial charge in [0.1, 0.15) is 0 Å². The molecular formula is C16H24N2O2S. The molecular weight excluding hydrogens is 284 g/mol. The Hall–Kier alpha value is -0.910. The number of aryl methyl sites for hydroxylation is 1. The largest absolute Gasteiger partial charge is 0.373 e. The fourth-order valence-corrected chi connectivity index (χ4v) is 4.30. The predicted molar refractivity (Wildman–Crippen MR) is 84.4 cm³/mol. The minimum absolute atomic E-state index is 0.125. The minimum atomic E-state index is 0.125. The summed E-state index contributed by atoms with van der Waals surface area (Å²) in [5.41, 5.74) is 1.40. The zero-order valence-corrected chi connectivity index (χ0v) is 13.9. The summed E-state index contributed by atoms with van der Waals surface area (Å²) < 4.78 is 6.10. The summed E-state index contributed by atoms with van der Waals surface area (Å²) in [6.07, 6.45) is 2.01. The number of amides is 1. The van der Waals surface area contributed by atoms with Gasteiger partial charge in [0.05, 0.1) is 18.6 Å². The van der Waals surface area contributed by atoms with E-state index in [4.69, 9.17) is 4.74 Å². The van der Waals surface area contributed by atoms with E-state index in [0.29, 0.717) is 18.4 Å². The average Bonchev–Trinajstić information content (AvgIpc) is 3.06. The second kappa shape index (κ2) is 6.07. The van der Waals surface area contributed by atoms with Crippen molar-refractivity contribution >= 4 is 17.2 Å². The molecule has 0 bridgehead atoms. The van der Waals surface area contributed by atoms with Crippen molar-refractivity contribution in [3.05, 3.63) is 21.9 Å². The number of hydrogen-bond donors (Lipinski definition) is 0. The van der Waals surface area contributed by atoms with Crippen molar-refractivity contribution in [3.63, 3.8) is 0 Å². The maximum absolute atomic E-state index is 11.8. The van der Waals surface area contributed by atoms with Crippen LogP contribution >= 0.6 is 11.3 Å². The number of nitrogens with zero attached hydrogens (tertiary/aromatic N) is 2. The van der Waals surface area contributed by atoms with Gasteiger partial charge in [0.2, 0.25) is 5.91 Å². The molecule has 1 amide bonds. The number of rotatable bonds is 4. The summed E-state index contributed by atoms with van der Waals surface area (Å²) in [6.45, 7) is 5.34.